The van der Waals surface area contributed by atoms with Crippen LogP contribution in [-0.4, -0.2) is 36.7 Å². The molecule has 0 aliphatic carbocycles. The Bertz CT molecular complexity index is 661. The first kappa shape index (κ1) is 15.8. The van der Waals surface area contributed by atoms with Gasteiger partial charge in [0.25, 0.3) is 5.91 Å². The van der Waals surface area contributed by atoms with E-state index in [0.29, 0.717) is 19.7 Å². The summed E-state index contributed by atoms with van der Waals surface area (Å²) in [6.45, 7) is 1.19. The lowest BCUT2D eigenvalue weighted by Gasteiger charge is -2.31. The maximum absolute atomic E-state index is 13.6. The summed E-state index contributed by atoms with van der Waals surface area (Å²) in [7, 11) is 0. The van der Waals surface area contributed by atoms with Crippen LogP contribution < -0.4 is 10.2 Å². The molecule has 5 nitrogen and oxygen atoms in total. The van der Waals surface area contributed by atoms with Gasteiger partial charge in [0, 0.05) is 30.2 Å². The topological polar surface area (TPSA) is 54.5 Å². The molecule has 2 aromatic rings. The van der Waals surface area contributed by atoms with Crippen molar-refractivity contribution in [2.24, 2.45) is 0 Å². The number of nitrogens with zero attached hydrogens (tertiary/aromatic N) is 2. The maximum atomic E-state index is 13.6. The predicted molar refractivity (Wildman–Crippen MR) is 82.3 cm³/mol. The van der Waals surface area contributed by atoms with E-state index in [1.807, 2.05) is 10.3 Å². The molecule has 1 atom stereocenters. The van der Waals surface area contributed by atoms with Gasteiger partial charge in [-0.1, -0.05) is 6.07 Å². The summed E-state index contributed by atoms with van der Waals surface area (Å²) in [6.07, 6.45) is 1.01. The number of nitrogens with one attached hydrogen (secondary N) is 1. The molecule has 1 N–H and O–H groups in total. The fourth-order valence-electron chi connectivity index (χ4n) is 2.34. The second-order valence-corrected chi connectivity index (χ2v) is 5.91. The molecule has 1 saturated heterocycles. The van der Waals surface area contributed by atoms with E-state index >= 15 is 0 Å². The molecular weight excluding hydrogens is 324 g/mol. The Morgan fingerprint density at radius 3 is 2.91 bits per heavy atom. The highest BCUT2D eigenvalue weighted by atomic mass is 32.1. The van der Waals surface area contributed by atoms with Gasteiger partial charge in [-0.25, -0.2) is 13.8 Å². The molecule has 1 aliphatic rings. The van der Waals surface area contributed by atoms with Gasteiger partial charge in [-0.05, 0) is 12.1 Å². The third-order valence-corrected chi connectivity index (χ3v) is 4.38. The molecule has 1 aromatic carbocycles. The zero-order chi connectivity index (χ0) is 16.2. The third kappa shape index (κ3) is 3.65. The van der Waals surface area contributed by atoms with Gasteiger partial charge < -0.3 is 15.0 Å². The number of thiazole rings is 1. The second kappa shape index (κ2) is 7.01. The molecule has 2 heterocycles. The van der Waals surface area contributed by atoms with Crippen LogP contribution in [0.15, 0.2) is 29.8 Å². The first-order valence-corrected chi connectivity index (χ1v) is 8.00. The fourth-order valence-corrected chi connectivity index (χ4v) is 3.02. The summed E-state index contributed by atoms with van der Waals surface area (Å²) in [5, 5.41) is 5.22. The molecule has 1 aliphatic heterocycles. The number of ether oxygens (including phenoxy) is 1. The minimum Gasteiger partial charge on any atom is -0.365 e. The highest BCUT2D eigenvalue weighted by molar-refractivity contribution is 7.13. The van der Waals surface area contributed by atoms with Gasteiger partial charge in [-0.15, -0.1) is 11.3 Å². The van der Waals surface area contributed by atoms with Crippen LogP contribution in [0.4, 0.5) is 13.9 Å². The van der Waals surface area contributed by atoms with Crippen LogP contribution in [-0.2, 0) is 16.1 Å². The molecule has 8 heteroatoms. The normalized spacial score (nSPS) is 18.0. The van der Waals surface area contributed by atoms with Crippen molar-refractivity contribution in [2.45, 2.75) is 12.6 Å². The molecule has 0 radical (unpaired) electrons. The summed E-state index contributed by atoms with van der Waals surface area (Å²) < 4.78 is 32.6. The monoisotopic (exact) mass is 339 g/mol. The zero-order valence-corrected chi connectivity index (χ0v) is 13.0. The van der Waals surface area contributed by atoms with E-state index in [9.17, 15) is 13.6 Å². The second-order valence-electron chi connectivity index (χ2n) is 5.04. The van der Waals surface area contributed by atoms with E-state index in [2.05, 4.69) is 10.3 Å². The van der Waals surface area contributed by atoms with Crippen LogP contribution in [0.1, 0.15) is 5.56 Å². The van der Waals surface area contributed by atoms with E-state index in [-0.39, 0.29) is 12.1 Å². The van der Waals surface area contributed by atoms with Crippen molar-refractivity contribution in [3.05, 3.63) is 47.0 Å². The van der Waals surface area contributed by atoms with Crippen LogP contribution in [0, 0.1) is 11.6 Å². The standard InChI is InChI=1S/C15H15F2N3O2S/c16-11-2-1-3-12(17)10(11)8-19-14(21)13-9-20(5-6-22-13)15-18-4-7-23-15/h1-4,7,13H,5-6,8-9H2,(H,19,21)/t13-/m1/s1. The number of hydrogen-bond acceptors (Lipinski definition) is 5. The van der Waals surface area contributed by atoms with Crippen LogP contribution in [0.3, 0.4) is 0 Å². The number of aromatic nitrogens is 1. The summed E-state index contributed by atoms with van der Waals surface area (Å²) in [4.78, 5) is 18.4. The minimum atomic E-state index is -0.692. The van der Waals surface area contributed by atoms with Crippen molar-refractivity contribution >= 4 is 22.4 Å². The first-order chi connectivity index (χ1) is 11.1. The quantitative estimate of drug-likeness (QED) is 0.925. The van der Waals surface area contributed by atoms with Crippen molar-refractivity contribution in [3.8, 4) is 0 Å². The predicted octanol–water partition coefficient (Wildman–Crippen LogP) is 1.94. The molecule has 0 bridgehead atoms. The van der Waals surface area contributed by atoms with Gasteiger partial charge in [0.1, 0.15) is 11.6 Å². The smallest absolute Gasteiger partial charge is 0.251 e. The van der Waals surface area contributed by atoms with Crippen molar-refractivity contribution in [3.63, 3.8) is 0 Å². The Balaban J connectivity index is 1.60. The van der Waals surface area contributed by atoms with Gasteiger partial charge in [-0.3, -0.25) is 4.79 Å². The molecule has 23 heavy (non-hydrogen) atoms. The molecule has 1 amide bonds. The highest BCUT2D eigenvalue weighted by Crippen LogP contribution is 2.20. The Kier molecular flexibility index (Phi) is 4.82. The van der Waals surface area contributed by atoms with Gasteiger partial charge in [0.2, 0.25) is 0 Å². The largest absolute Gasteiger partial charge is 0.365 e. The van der Waals surface area contributed by atoms with Crippen molar-refractivity contribution in [2.75, 3.05) is 24.6 Å². The number of morpholine rings is 1. The summed E-state index contributed by atoms with van der Waals surface area (Å²) >= 11 is 1.49. The molecule has 3 rings (SSSR count). The average Bonchev–Trinajstić information content (AvgIpc) is 3.09. The molecular formula is C15H15F2N3O2S. The summed E-state index contributed by atoms with van der Waals surface area (Å²) in [6, 6.07) is 3.60. The molecule has 1 fully saturated rings. The third-order valence-electron chi connectivity index (χ3n) is 3.55. The van der Waals surface area contributed by atoms with Crippen molar-refractivity contribution in [1.82, 2.24) is 10.3 Å². The number of rotatable bonds is 4. The Hall–Kier alpha value is -2.06. The maximum Gasteiger partial charge on any atom is 0.251 e. The number of amides is 1. The van der Waals surface area contributed by atoms with Gasteiger partial charge in [-0.2, -0.15) is 0 Å². The highest BCUT2D eigenvalue weighted by Gasteiger charge is 2.28. The molecule has 0 saturated carbocycles. The fraction of sp³-hybridized carbons (Fsp3) is 0.333. The number of anilines is 1. The number of halogens is 2. The van der Waals surface area contributed by atoms with Crippen LogP contribution in [0.25, 0.3) is 0 Å². The van der Waals surface area contributed by atoms with Crippen molar-refractivity contribution < 1.29 is 18.3 Å². The first-order valence-electron chi connectivity index (χ1n) is 7.12. The van der Waals surface area contributed by atoms with Crippen molar-refractivity contribution in [1.29, 1.82) is 0 Å². The number of carbonyl (C=O) groups is 1. The average molecular weight is 339 g/mol. The molecule has 1 aromatic heterocycles. The Morgan fingerprint density at radius 2 is 2.22 bits per heavy atom. The van der Waals surface area contributed by atoms with E-state index in [4.69, 9.17) is 4.74 Å². The summed E-state index contributed by atoms with van der Waals surface area (Å²) in [5.41, 5.74) is -0.159. The number of benzene rings is 1. The lowest BCUT2D eigenvalue weighted by Crippen LogP contribution is -2.49. The van der Waals surface area contributed by atoms with E-state index in [1.165, 1.54) is 17.4 Å². The SMILES string of the molecule is O=C(NCc1c(F)cccc1F)[C@H]1CN(c2nccs2)CCO1. The van der Waals surface area contributed by atoms with Gasteiger partial charge >= 0.3 is 0 Å². The van der Waals surface area contributed by atoms with Gasteiger partial charge in [0.15, 0.2) is 11.2 Å². The van der Waals surface area contributed by atoms with Crippen LogP contribution >= 0.6 is 11.3 Å². The molecule has 0 spiro atoms. The summed E-state index contributed by atoms with van der Waals surface area (Å²) in [5.74, 6) is -1.76. The lowest BCUT2D eigenvalue weighted by molar-refractivity contribution is -0.133. The Labute approximate surface area is 135 Å². The van der Waals surface area contributed by atoms with E-state index in [0.717, 1.165) is 17.3 Å². The van der Waals surface area contributed by atoms with E-state index < -0.39 is 23.6 Å². The van der Waals surface area contributed by atoms with E-state index in [1.54, 1.807) is 6.20 Å². The minimum absolute atomic E-state index is 0.159. The Morgan fingerprint density at radius 1 is 1.43 bits per heavy atom. The number of hydrogen-bond donors (Lipinski definition) is 1. The zero-order valence-electron chi connectivity index (χ0n) is 12.2. The molecule has 122 valence electrons. The molecule has 0 unspecified atom stereocenters. The lowest BCUT2D eigenvalue weighted by atomic mass is 10.2. The van der Waals surface area contributed by atoms with Crippen LogP contribution in [0.2, 0.25) is 0 Å². The number of carbonyl (C=O) groups excluding carboxylic acids is 1. The van der Waals surface area contributed by atoms with Gasteiger partial charge in [0.05, 0.1) is 13.2 Å². The van der Waals surface area contributed by atoms with Crippen LogP contribution in [0.5, 0.6) is 0 Å².